The van der Waals surface area contributed by atoms with E-state index in [4.69, 9.17) is 4.74 Å². The molecule has 0 radical (unpaired) electrons. The van der Waals surface area contributed by atoms with Crippen LogP contribution in [0.4, 0.5) is 0 Å². The Morgan fingerprint density at radius 2 is 2.00 bits per heavy atom. The second-order valence-electron chi connectivity index (χ2n) is 4.35. The number of aryl methyl sites for hydroxylation is 1. The van der Waals surface area contributed by atoms with E-state index in [-0.39, 0.29) is 5.97 Å². The van der Waals surface area contributed by atoms with E-state index in [0.717, 1.165) is 30.4 Å². The first-order valence-electron chi connectivity index (χ1n) is 6.08. The summed E-state index contributed by atoms with van der Waals surface area (Å²) in [6.07, 6.45) is 4.71. The Bertz CT molecular complexity index is 401. The van der Waals surface area contributed by atoms with Crippen LogP contribution in [-0.2, 0) is 11.2 Å². The van der Waals surface area contributed by atoms with Gasteiger partial charge in [0, 0.05) is 6.08 Å². The first-order valence-corrected chi connectivity index (χ1v) is 6.08. The number of hydrogen-bond acceptors (Lipinski definition) is 2. The molecule has 0 heterocycles. The molecule has 2 heteroatoms. The van der Waals surface area contributed by atoms with Crippen LogP contribution >= 0.6 is 0 Å². The minimum atomic E-state index is -0.297. The fourth-order valence-electron chi connectivity index (χ4n) is 1.55. The van der Waals surface area contributed by atoms with Gasteiger partial charge in [0.15, 0.2) is 0 Å². The van der Waals surface area contributed by atoms with Crippen molar-refractivity contribution in [2.45, 2.75) is 40.0 Å². The third-order valence-electron chi connectivity index (χ3n) is 2.39. The molecule has 1 rings (SSSR count). The molecule has 0 aromatic heterocycles. The molecule has 0 fully saturated rings. The topological polar surface area (TPSA) is 26.3 Å². The monoisotopic (exact) mass is 232 g/mol. The van der Waals surface area contributed by atoms with Crippen LogP contribution < -0.4 is 4.74 Å². The van der Waals surface area contributed by atoms with Gasteiger partial charge in [-0.3, -0.25) is 0 Å². The first kappa shape index (κ1) is 13.5. The number of hydrogen-bond donors (Lipinski definition) is 0. The van der Waals surface area contributed by atoms with Gasteiger partial charge in [-0.25, -0.2) is 4.79 Å². The fraction of sp³-hybridized carbons (Fsp3) is 0.400. The van der Waals surface area contributed by atoms with Gasteiger partial charge in [-0.15, -0.1) is 0 Å². The van der Waals surface area contributed by atoms with Gasteiger partial charge in [0.05, 0.1) is 0 Å². The van der Waals surface area contributed by atoms with Crippen LogP contribution in [0.2, 0.25) is 0 Å². The van der Waals surface area contributed by atoms with E-state index >= 15 is 0 Å². The number of rotatable bonds is 5. The summed E-state index contributed by atoms with van der Waals surface area (Å²) in [5, 5.41) is 0. The Balaban J connectivity index is 2.76. The molecule has 0 atom stereocenters. The van der Waals surface area contributed by atoms with Gasteiger partial charge in [-0.05, 0) is 38.3 Å². The van der Waals surface area contributed by atoms with Crippen molar-refractivity contribution < 1.29 is 9.53 Å². The maximum Gasteiger partial charge on any atom is 0.336 e. The number of para-hydroxylation sites is 1. The lowest BCUT2D eigenvalue weighted by Crippen LogP contribution is -2.06. The molecule has 0 bridgehead atoms. The van der Waals surface area contributed by atoms with Gasteiger partial charge < -0.3 is 4.74 Å². The lowest BCUT2D eigenvalue weighted by atomic mass is 10.1. The van der Waals surface area contributed by atoms with E-state index in [2.05, 4.69) is 6.92 Å². The van der Waals surface area contributed by atoms with E-state index < -0.39 is 0 Å². The highest BCUT2D eigenvalue weighted by molar-refractivity contribution is 5.84. The number of carbonyl (C=O) groups excluding carboxylic acids is 1. The highest BCUT2D eigenvalue weighted by atomic mass is 16.5. The summed E-state index contributed by atoms with van der Waals surface area (Å²) in [5.41, 5.74) is 2.05. The van der Waals surface area contributed by atoms with Crippen molar-refractivity contribution in [3.05, 3.63) is 41.5 Å². The predicted molar refractivity (Wildman–Crippen MR) is 70.1 cm³/mol. The second kappa shape index (κ2) is 6.89. The molecule has 0 aliphatic rings. The molecule has 17 heavy (non-hydrogen) atoms. The largest absolute Gasteiger partial charge is 0.423 e. The van der Waals surface area contributed by atoms with Gasteiger partial charge in [-0.1, -0.05) is 37.1 Å². The Morgan fingerprint density at radius 3 is 2.65 bits per heavy atom. The molecule has 0 N–H and O–H groups in total. The van der Waals surface area contributed by atoms with E-state index in [1.54, 1.807) is 0 Å². The maximum atomic E-state index is 11.6. The van der Waals surface area contributed by atoms with Crippen molar-refractivity contribution >= 4 is 5.97 Å². The van der Waals surface area contributed by atoms with Crippen molar-refractivity contribution in [2.24, 2.45) is 0 Å². The summed E-state index contributed by atoms with van der Waals surface area (Å²) in [6.45, 7) is 5.91. The minimum Gasteiger partial charge on any atom is -0.423 e. The van der Waals surface area contributed by atoms with Crippen LogP contribution in [0, 0.1) is 0 Å². The highest BCUT2D eigenvalue weighted by Crippen LogP contribution is 2.20. The first-order chi connectivity index (χ1) is 8.13. The lowest BCUT2D eigenvalue weighted by Gasteiger charge is -2.08. The van der Waals surface area contributed by atoms with E-state index in [9.17, 15) is 4.79 Å². The minimum absolute atomic E-state index is 0.297. The van der Waals surface area contributed by atoms with Crippen LogP contribution in [0.1, 0.15) is 39.2 Å². The van der Waals surface area contributed by atoms with Gasteiger partial charge in [-0.2, -0.15) is 0 Å². The zero-order chi connectivity index (χ0) is 12.7. The number of ether oxygens (including phenoxy) is 1. The Morgan fingerprint density at radius 1 is 1.29 bits per heavy atom. The van der Waals surface area contributed by atoms with E-state index in [1.807, 2.05) is 38.1 Å². The van der Waals surface area contributed by atoms with Crippen LogP contribution in [0.15, 0.2) is 35.9 Å². The Hall–Kier alpha value is -1.57. The number of allylic oxidation sites excluding steroid dienone is 1. The average molecular weight is 232 g/mol. The zero-order valence-electron chi connectivity index (χ0n) is 10.8. The summed E-state index contributed by atoms with van der Waals surface area (Å²) >= 11 is 0. The molecule has 92 valence electrons. The number of carbonyl (C=O) groups is 1. The van der Waals surface area contributed by atoms with Crippen molar-refractivity contribution in [3.63, 3.8) is 0 Å². The SMILES string of the molecule is CCCCc1ccccc1OC(=O)C=C(C)C. The smallest absolute Gasteiger partial charge is 0.336 e. The van der Waals surface area contributed by atoms with Gasteiger partial charge >= 0.3 is 5.97 Å². The molecule has 1 aromatic rings. The summed E-state index contributed by atoms with van der Waals surface area (Å²) in [7, 11) is 0. The van der Waals surface area contributed by atoms with Crippen molar-refractivity contribution in [3.8, 4) is 5.75 Å². The lowest BCUT2D eigenvalue weighted by molar-refractivity contribution is -0.129. The fourth-order valence-corrected chi connectivity index (χ4v) is 1.55. The second-order valence-corrected chi connectivity index (χ2v) is 4.35. The average Bonchev–Trinajstić information content (AvgIpc) is 2.26. The number of unbranched alkanes of at least 4 members (excludes halogenated alkanes) is 1. The molecular weight excluding hydrogens is 212 g/mol. The van der Waals surface area contributed by atoms with Crippen LogP contribution in [0.25, 0.3) is 0 Å². The quantitative estimate of drug-likeness (QED) is 0.437. The number of esters is 1. The number of benzene rings is 1. The maximum absolute atomic E-state index is 11.6. The van der Waals surface area contributed by atoms with Crippen molar-refractivity contribution in [1.82, 2.24) is 0 Å². The zero-order valence-corrected chi connectivity index (χ0v) is 10.8. The molecule has 0 unspecified atom stereocenters. The summed E-state index contributed by atoms with van der Waals surface area (Å²) in [5.74, 6) is 0.386. The summed E-state index contributed by atoms with van der Waals surface area (Å²) < 4.78 is 5.34. The molecule has 0 aliphatic heterocycles. The van der Waals surface area contributed by atoms with Crippen LogP contribution in [0.5, 0.6) is 5.75 Å². The van der Waals surface area contributed by atoms with Gasteiger partial charge in [0.25, 0.3) is 0 Å². The summed E-state index contributed by atoms with van der Waals surface area (Å²) in [4.78, 5) is 11.6. The van der Waals surface area contributed by atoms with Crippen LogP contribution in [-0.4, -0.2) is 5.97 Å². The molecule has 0 saturated carbocycles. The summed E-state index contributed by atoms with van der Waals surface area (Å²) in [6, 6.07) is 7.73. The highest BCUT2D eigenvalue weighted by Gasteiger charge is 2.06. The molecule has 0 spiro atoms. The third-order valence-corrected chi connectivity index (χ3v) is 2.39. The standard InChI is InChI=1S/C15H20O2/c1-4-5-8-13-9-6-7-10-14(13)17-15(16)11-12(2)3/h6-7,9-11H,4-5,8H2,1-3H3. The Kier molecular flexibility index (Phi) is 5.47. The normalized spacial score (nSPS) is 9.82. The molecule has 0 aliphatic carbocycles. The molecule has 1 aromatic carbocycles. The molecule has 0 saturated heterocycles. The third kappa shape index (κ3) is 4.85. The predicted octanol–water partition coefficient (Wildman–Crippen LogP) is 3.90. The van der Waals surface area contributed by atoms with E-state index in [0.29, 0.717) is 5.75 Å². The Labute approximate surface area is 103 Å². The van der Waals surface area contributed by atoms with Gasteiger partial charge in [0.1, 0.15) is 5.75 Å². The van der Waals surface area contributed by atoms with E-state index in [1.165, 1.54) is 6.08 Å². The van der Waals surface area contributed by atoms with Crippen molar-refractivity contribution in [1.29, 1.82) is 0 Å². The molecule has 0 amide bonds. The van der Waals surface area contributed by atoms with Crippen LogP contribution in [0.3, 0.4) is 0 Å². The molecule has 2 nitrogen and oxygen atoms in total. The van der Waals surface area contributed by atoms with Gasteiger partial charge in [0.2, 0.25) is 0 Å². The van der Waals surface area contributed by atoms with Crippen molar-refractivity contribution in [2.75, 3.05) is 0 Å². The molecular formula is C15H20O2.